The van der Waals surface area contributed by atoms with Crippen molar-refractivity contribution in [3.05, 3.63) is 38.7 Å². The average molecular weight is 319 g/mol. The maximum atomic E-state index is 11.0. The molecule has 2 aromatic rings. The van der Waals surface area contributed by atoms with E-state index >= 15 is 0 Å². The zero-order valence-electron chi connectivity index (χ0n) is 12.2. The standard InChI is InChI=1S/C14H17N5O2S/c1-9(7-11-3-2-6-22-11)16-14-15-8-12(19(20)21)13(18-14)17-10-4-5-10/h2-3,6,8-10H,4-5,7H2,1H3,(H2,15,16,17,18)/t9-/m1/s1. The lowest BCUT2D eigenvalue weighted by molar-refractivity contribution is -0.384. The quantitative estimate of drug-likeness (QED) is 0.602. The van der Waals surface area contributed by atoms with Crippen LogP contribution in [0.3, 0.4) is 0 Å². The fourth-order valence-corrected chi connectivity index (χ4v) is 2.94. The summed E-state index contributed by atoms with van der Waals surface area (Å²) in [7, 11) is 0. The fraction of sp³-hybridized carbons (Fsp3) is 0.429. The van der Waals surface area contributed by atoms with E-state index in [0.29, 0.717) is 17.8 Å². The highest BCUT2D eigenvalue weighted by molar-refractivity contribution is 7.09. The van der Waals surface area contributed by atoms with Gasteiger partial charge in [-0.05, 0) is 31.2 Å². The number of aromatic nitrogens is 2. The lowest BCUT2D eigenvalue weighted by Gasteiger charge is -2.13. The normalized spacial score (nSPS) is 15.3. The molecule has 0 bridgehead atoms. The largest absolute Gasteiger partial charge is 0.361 e. The molecule has 1 fully saturated rings. The zero-order valence-corrected chi connectivity index (χ0v) is 13.0. The van der Waals surface area contributed by atoms with Gasteiger partial charge < -0.3 is 10.6 Å². The summed E-state index contributed by atoms with van der Waals surface area (Å²) in [6, 6.07) is 4.55. The van der Waals surface area contributed by atoms with Gasteiger partial charge in [-0.1, -0.05) is 6.07 Å². The fourth-order valence-electron chi connectivity index (χ4n) is 2.11. The number of nitrogens with zero attached hydrogens (tertiary/aromatic N) is 3. The molecule has 8 heteroatoms. The van der Waals surface area contributed by atoms with Crippen molar-refractivity contribution in [3.63, 3.8) is 0 Å². The summed E-state index contributed by atoms with van der Waals surface area (Å²) in [5, 5.41) is 19.4. The highest BCUT2D eigenvalue weighted by Crippen LogP contribution is 2.29. The third-order valence-corrected chi connectivity index (χ3v) is 4.25. The minimum absolute atomic E-state index is 0.0802. The van der Waals surface area contributed by atoms with Crippen molar-refractivity contribution in [1.29, 1.82) is 0 Å². The Bertz CT molecular complexity index is 657. The van der Waals surface area contributed by atoms with E-state index in [1.807, 2.05) is 18.4 Å². The Balaban J connectivity index is 1.71. The van der Waals surface area contributed by atoms with Gasteiger partial charge in [0, 0.05) is 23.4 Å². The number of thiophene rings is 1. The Kier molecular flexibility index (Phi) is 4.19. The summed E-state index contributed by atoms with van der Waals surface area (Å²) in [4.78, 5) is 20.2. The molecule has 116 valence electrons. The predicted octanol–water partition coefficient (Wildman–Crippen LogP) is 3.06. The molecule has 2 aromatic heterocycles. The van der Waals surface area contributed by atoms with E-state index in [1.54, 1.807) is 11.3 Å². The lowest BCUT2D eigenvalue weighted by Crippen LogP contribution is -2.20. The first-order chi connectivity index (χ1) is 10.6. The van der Waals surface area contributed by atoms with Gasteiger partial charge >= 0.3 is 5.69 Å². The molecule has 1 atom stereocenters. The van der Waals surface area contributed by atoms with Gasteiger partial charge in [0.2, 0.25) is 11.8 Å². The highest BCUT2D eigenvalue weighted by atomic mass is 32.1. The van der Waals surface area contributed by atoms with Crippen molar-refractivity contribution < 1.29 is 4.92 Å². The average Bonchev–Trinajstić information content (AvgIpc) is 3.12. The number of hydrogen-bond acceptors (Lipinski definition) is 7. The van der Waals surface area contributed by atoms with Gasteiger partial charge in [-0.25, -0.2) is 4.98 Å². The molecule has 1 saturated carbocycles. The van der Waals surface area contributed by atoms with Crippen LogP contribution in [-0.2, 0) is 6.42 Å². The Morgan fingerprint density at radius 3 is 3.00 bits per heavy atom. The molecule has 7 nitrogen and oxygen atoms in total. The second kappa shape index (κ2) is 6.27. The van der Waals surface area contributed by atoms with E-state index in [4.69, 9.17) is 0 Å². The van der Waals surface area contributed by atoms with Crippen LogP contribution in [-0.4, -0.2) is 27.0 Å². The number of anilines is 2. The number of nitro groups is 1. The minimum atomic E-state index is -0.455. The number of nitrogens with one attached hydrogen (secondary N) is 2. The maximum Gasteiger partial charge on any atom is 0.329 e. The van der Waals surface area contributed by atoms with Crippen molar-refractivity contribution in [2.24, 2.45) is 0 Å². The first-order valence-electron chi connectivity index (χ1n) is 7.18. The summed E-state index contributed by atoms with van der Waals surface area (Å²) in [6.07, 6.45) is 4.18. The molecule has 0 saturated heterocycles. The van der Waals surface area contributed by atoms with Gasteiger partial charge in [0.05, 0.1) is 4.92 Å². The highest BCUT2D eigenvalue weighted by Gasteiger charge is 2.26. The van der Waals surface area contributed by atoms with Crippen LogP contribution in [0.1, 0.15) is 24.6 Å². The van der Waals surface area contributed by atoms with Crippen molar-refractivity contribution in [2.45, 2.75) is 38.3 Å². The first-order valence-corrected chi connectivity index (χ1v) is 8.06. The van der Waals surface area contributed by atoms with Gasteiger partial charge in [0.15, 0.2) is 0 Å². The molecular formula is C14H17N5O2S. The van der Waals surface area contributed by atoms with E-state index in [1.165, 1.54) is 11.1 Å². The van der Waals surface area contributed by atoms with Crippen molar-refractivity contribution in [1.82, 2.24) is 9.97 Å². The van der Waals surface area contributed by atoms with Gasteiger partial charge in [0.25, 0.3) is 0 Å². The second-order valence-electron chi connectivity index (χ2n) is 5.43. The van der Waals surface area contributed by atoms with Crippen LogP contribution in [0.25, 0.3) is 0 Å². The summed E-state index contributed by atoms with van der Waals surface area (Å²) in [5.74, 6) is 0.714. The van der Waals surface area contributed by atoms with Gasteiger partial charge in [-0.2, -0.15) is 4.98 Å². The topological polar surface area (TPSA) is 93.0 Å². The summed E-state index contributed by atoms with van der Waals surface area (Å²) in [6.45, 7) is 2.04. The minimum Gasteiger partial charge on any atom is -0.361 e. The third-order valence-electron chi connectivity index (χ3n) is 3.35. The Morgan fingerprint density at radius 2 is 2.36 bits per heavy atom. The monoisotopic (exact) mass is 319 g/mol. The van der Waals surface area contributed by atoms with Crippen LogP contribution >= 0.6 is 11.3 Å². The lowest BCUT2D eigenvalue weighted by atomic mass is 10.2. The smallest absolute Gasteiger partial charge is 0.329 e. The second-order valence-corrected chi connectivity index (χ2v) is 6.46. The zero-order chi connectivity index (χ0) is 15.5. The van der Waals surface area contributed by atoms with Crippen LogP contribution in [0.15, 0.2) is 23.7 Å². The summed E-state index contributed by atoms with van der Waals surface area (Å²) >= 11 is 1.71. The Hall–Kier alpha value is -2.22. The molecule has 0 spiro atoms. The van der Waals surface area contributed by atoms with E-state index < -0.39 is 4.92 Å². The molecule has 0 aromatic carbocycles. The molecule has 2 heterocycles. The maximum absolute atomic E-state index is 11.0. The Labute approximate surface area is 132 Å². The molecule has 22 heavy (non-hydrogen) atoms. The van der Waals surface area contributed by atoms with Gasteiger partial charge in [0.1, 0.15) is 6.20 Å². The van der Waals surface area contributed by atoms with Crippen LogP contribution in [0.2, 0.25) is 0 Å². The van der Waals surface area contributed by atoms with Crippen LogP contribution in [0.4, 0.5) is 17.5 Å². The first kappa shape index (κ1) is 14.7. The van der Waals surface area contributed by atoms with Gasteiger partial charge in [-0.15, -0.1) is 11.3 Å². The third kappa shape index (κ3) is 3.70. The molecule has 0 aliphatic heterocycles. The van der Waals surface area contributed by atoms with Crippen LogP contribution in [0, 0.1) is 10.1 Å². The van der Waals surface area contributed by atoms with E-state index in [9.17, 15) is 10.1 Å². The number of rotatable bonds is 7. The van der Waals surface area contributed by atoms with Crippen LogP contribution < -0.4 is 10.6 Å². The summed E-state index contributed by atoms with van der Waals surface area (Å²) < 4.78 is 0. The van der Waals surface area contributed by atoms with Crippen molar-refractivity contribution in [3.8, 4) is 0 Å². The predicted molar refractivity (Wildman–Crippen MR) is 86.4 cm³/mol. The molecular weight excluding hydrogens is 302 g/mol. The molecule has 2 N–H and O–H groups in total. The molecule has 3 rings (SSSR count). The summed E-state index contributed by atoms with van der Waals surface area (Å²) in [5.41, 5.74) is -0.0802. The van der Waals surface area contributed by atoms with Crippen molar-refractivity contribution >= 4 is 28.8 Å². The van der Waals surface area contributed by atoms with E-state index in [0.717, 1.165) is 19.3 Å². The Morgan fingerprint density at radius 1 is 1.55 bits per heavy atom. The molecule has 0 unspecified atom stereocenters. The van der Waals surface area contributed by atoms with Crippen LogP contribution in [0.5, 0.6) is 0 Å². The molecule has 0 radical (unpaired) electrons. The molecule has 1 aliphatic carbocycles. The van der Waals surface area contributed by atoms with Crippen molar-refractivity contribution in [2.75, 3.05) is 10.6 Å². The number of hydrogen-bond donors (Lipinski definition) is 2. The molecule has 0 amide bonds. The van der Waals surface area contributed by atoms with Gasteiger partial charge in [-0.3, -0.25) is 10.1 Å². The SMILES string of the molecule is C[C@H](Cc1cccs1)Nc1ncc([N+](=O)[O-])c(NC2CC2)n1. The van der Waals surface area contributed by atoms with E-state index in [2.05, 4.69) is 26.7 Å². The van der Waals surface area contributed by atoms with E-state index in [-0.39, 0.29) is 11.7 Å². The molecule has 1 aliphatic rings.